The van der Waals surface area contributed by atoms with E-state index in [1.807, 2.05) is 4.40 Å². The predicted molar refractivity (Wildman–Crippen MR) is 43.0 cm³/mol. The van der Waals surface area contributed by atoms with Gasteiger partial charge in [-0.25, -0.2) is 0 Å². The Morgan fingerprint density at radius 3 is 2.56 bits per heavy atom. The van der Waals surface area contributed by atoms with E-state index in [-0.39, 0.29) is 12.7 Å². The summed E-state index contributed by atoms with van der Waals surface area (Å²) in [7, 11) is -5.77. The Bertz CT molecular complexity index is 372. The highest BCUT2D eigenvalue weighted by Crippen LogP contribution is 2.24. The van der Waals surface area contributed by atoms with Crippen LogP contribution in [0.1, 0.15) is 0 Å². The van der Waals surface area contributed by atoms with Crippen LogP contribution in [-0.2, 0) is 19.5 Å². The van der Waals surface area contributed by atoms with Crippen LogP contribution >= 0.6 is 0 Å². The monoisotopic (exact) mass is 262 g/mol. The molecular weight excluding hydrogens is 255 g/mol. The van der Waals surface area contributed by atoms with Gasteiger partial charge in [0.05, 0.1) is 19.8 Å². The maximum atomic E-state index is 11.8. The lowest BCUT2D eigenvalue weighted by molar-refractivity contribution is -0.222. The zero-order valence-corrected chi connectivity index (χ0v) is 8.55. The number of epoxide rings is 1. The van der Waals surface area contributed by atoms with Crippen LogP contribution in [-0.4, -0.2) is 45.7 Å². The zero-order valence-electron chi connectivity index (χ0n) is 7.73. The van der Waals surface area contributed by atoms with Gasteiger partial charge >= 0.3 is 15.5 Å². The minimum absolute atomic E-state index is 0.0212. The smallest absolute Gasteiger partial charge is 0.518 e. The fourth-order valence-electron chi connectivity index (χ4n) is 0.654. The molecule has 1 rings (SSSR count). The van der Waals surface area contributed by atoms with E-state index < -0.39 is 28.0 Å². The second kappa shape index (κ2) is 4.55. The van der Waals surface area contributed by atoms with Crippen LogP contribution in [0.5, 0.6) is 0 Å². The van der Waals surface area contributed by atoms with Crippen LogP contribution < -0.4 is 5.11 Å². The van der Waals surface area contributed by atoms with E-state index in [0.29, 0.717) is 6.61 Å². The van der Waals surface area contributed by atoms with E-state index in [1.165, 1.54) is 0 Å². The summed E-state index contributed by atoms with van der Waals surface area (Å²) in [6, 6.07) is 0. The number of hydrogen-bond acceptors (Lipinski definition) is 5. The van der Waals surface area contributed by atoms with E-state index >= 15 is 0 Å². The summed E-state index contributed by atoms with van der Waals surface area (Å²) in [6.07, 6.45) is -0.174. The summed E-state index contributed by atoms with van der Waals surface area (Å²) in [4.78, 5) is 0. The van der Waals surface area contributed by atoms with Crippen LogP contribution in [0.15, 0.2) is 4.40 Å². The third-order valence-electron chi connectivity index (χ3n) is 1.45. The van der Waals surface area contributed by atoms with Crippen LogP contribution in [0.25, 0.3) is 0 Å². The molecule has 1 fully saturated rings. The van der Waals surface area contributed by atoms with Crippen molar-refractivity contribution in [3.8, 4) is 0 Å². The summed E-state index contributed by atoms with van der Waals surface area (Å²) in [6.45, 7) is -0.353. The molecular formula is C6H7F3NO5S-. The summed E-state index contributed by atoms with van der Waals surface area (Å²) in [5.74, 6) is -1.50. The Morgan fingerprint density at radius 1 is 1.56 bits per heavy atom. The van der Waals surface area contributed by atoms with Gasteiger partial charge in [-0.1, -0.05) is 0 Å². The molecule has 1 heterocycles. The van der Waals surface area contributed by atoms with E-state index in [0.717, 1.165) is 0 Å². The Labute approximate surface area is 88.7 Å². The lowest BCUT2D eigenvalue weighted by Gasteiger charge is -2.11. The average molecular weight is 262 g/mol. The lowest BCUT2D eigenvalue weighted by atomic mass is 10.5. The van der Waals surface area contributed by atoms with Gasteiger partial charge in [0, 0.05) is 5.90 Å². The molecule has 1 saturated heterocycles. The standard InChI is InChI=1S/C6H8F3NO5S/c7-6(8,9)16(12,13)10-5(11)3-14-1-4-2-15-4/h4H,1-3H2,(H,10,11)/p-1. The van der Waals surface area contributed by atoms with Crippen molar-refractivity contribution in [2.24, 2.45) is 4.40 Å². The number of sulfonamides is 1. The fraction of sp³-hybridized carbons (Fsp3) is 0.833. The van der Waals surface area contributed by atoms with Gasteiger partial charge in [0.25, 0.3) is 0 Å². The van der Waals surface area contributed by atoms with Gasteiger partial charge in [-0.2, -0.15) is 26.0 Å². The number of rotatable bonds is 5. The highest BCUT2D eigenvalue weighted by Gasteiger charge is 2.45. The lowest BCUT2D eigenvalue weighted by Crippen LogP contribution is -2.30. The highest BCUT2D eigenvalue weighted by atomic mass is 32.2. The SMILES string of the molecule is O=S(=O)(/N=C(\[O-])COCC1CO1)C(F)(F)F. The minimum atomic E-state index is -5.77. The molecule has 1 aliphatic rings. The van der Waals surface area contributed by atoms with Gasteiger partial charge < -0.3 is 14.6 Å². The molecule has 0 radical (unpaired) electrons. The first-order chi connectivity index (χ1) is 7.22. The van der Waals surface area contributed by atoms with Gasteiger partial charge in [0.2, 0.25) is 0 Å². The molecule has 0 N–H and O–H groups in total. The van der Waals surface area contributed by atoms with E-state index in [4.69, 9.17) is 0 Å². The van der Waals surface area contributed by atoms with E-state index in [2.05, 4.69) is 9.47 Å². The topological polar surface area (TPSA) is 91.3 Å². The van der Waals surface area contributed by atoms with Crippen molar-refractivity contribution in [2.75, 3.05) is 19.8 Å². The average Bonchev–Trinajstić information content (AvgIpc) is 2.84. The first-order valence-corrected chi connectivity index (χ1v) is 5.43. The molecule has 94 valence electrons. The summed E-state index contributed by atoms with van der Waals surface area (Å²) < 4.78 is 67.3. The van der Waals surface area contributed by atoms with Gasteiger partial charge in [-0.05, 0) is 0 Å². The number of hydrogen-bond donors (Lipinski definition) is 0. The molecule has 10 heteroatoms. The van der Waals surface area contributed by atoms with Crippen molar-refractivity contribution in [3.05, 3.63) is 0 Å². The second-order valence-electron chi connectivity index (χ2n) is 2.88. The fourth-order valence-corrected chi connectivity index (χ4v) is 1.08. The third kappa shape index (κ3) is 3.94. The molecule has 0 aromatic carbocycles. The molecule has 16 heavy (non-hydrogen) atoms. The summed E-state index contributed by atoms with van der Waals surface area (Å²) in [5.41, 5.74) is -5.57. The molecule has 0 aromatic rings. The van der Waals surface area contributed by atoms with Gasteiger partial charge in [0.15, 0.2) is 0 Å². The summed E-state index contributed by atoms with van der Waals surface area (Å²) in [5, 5.41) is 10.7. The van der Waals surface area contributed by atoms with E-state index in [1.54, 1.807) is 0 Å². The Morgan fingerprint density at radius 2 is 2.12 bits per heavy atom. The maximum absolute atomic E-state index is 11.8. The molecule has 1 aliphatic heterocycles. The largest absolute Gasteiger partial charge is 0.860 e. The van der Waals surface area contributed by atoms with Crippen LogP contribution in [0.4, 0.5) is 13.2 Å². The van der Waals surface area contributed by atoms with Gasteiger partial charge in [-0.15, -0.1) is 0 Å². The molecule has 1 atom stereocenters. The molecule has 0 saturated carbocycles. The molecule has 0 aliphatic carbocycles. The van der Waals surface area contributed by atoms with Crippen molar-refractivity contribution in [1.82, 2.24) is 0 Å². The number of halogens is 3. The Hall–Kier alpha value is -0.870. The first-order valence-electron chi connectivity index (χ1n) is 3.99. The molecule has 0 aromatic heterocycles. The zero-order chi connectivity index (χ0) is 12.4. The van der Waals surface area contributed by atoms with Gasteiger partial charge in [-0.3, -0.25) is 0 Å². The normalized spacial score (nSPS) is 22.2. The maximum Gasteiger partial charge on any atom is 0.518 e. The molecule has 0 amide bonds. The van der Waals surface area contributed by atoms with Crippen molar-refractivity contribution in [1.29, 1.82) is 0 Å². The van der Waals surface area contributed by atoms with E-state index in [9.17, 15) is 26.7 Å². The van der Waals surface area contributed by atoms with Crippen molar-refractivity contribution in [3.63, 3.8) is 0 Å². The summed E-state index contributed by atoms with van der Waals surface area (Å²) >= 11 is 0. The third-order valence-corrected chi connectivity index (χ3v) is 2.48. The molecule has 0 spiro atoms. The second-order valence-corrected chi connectivity index (χ2v) is 4.47. The minimum Gasteiger partial charge on any atom is -0.860 e. The van der Waals surface area contributed by atoms with Crippen molar-refractivity contribution >= 4 is 15.9 Å². The van der Waals surface area contributed by atoms with Crippen LogP contribution in [0.2, 0.25) is 0 Å². The van der Waals surface area contributed by atoms with Crippen molar-refractivity contribution in [2.45, 2.75) is 11.6 Å². The number of alkyl halides is 3. The molecule has 6 nitrogen and oxygen atoms in total. The first kappa shape index (κ1) is 13.2. The molecule has 0 bridgehead atoms. The highest BCUT2D eigenvalue weighted by molar-refractivity contribution is 7.91. The van der Waals surface area contributed by atoms with Gasteiger partial charge in [0.1, 0.15) is 6.10 Å². The Balaban J connectivity index is 2.47. The quantitative estimate of drug-likeness (QED) is 0.360. The number of nitrogens with zero attached hydrogens (tertiary/aromatic N) is 1. The van der Waals surface area contributed by atoms with Crippen LogP contribution in [0.3, 0.4) is 0 Å². The van der Waals surface area contributed by atoms with Crippen LogP contribution in [0, 0.1) is 0 Å². The number of ether oxygens (including phenoxy) is 2. The van der Waals surface area contributed by atoms with Crippen molar-refractivity contribution < 1.29 is 36.2 Å². The predicted octanol–water partition coefficient (Wildman–Crippen LogP) is -0.990. The Kier molecular flexibility index (Phi) is 3.76. The molecule has 1 unspecified atom stereocenters.